The van der Waals surface area contributed by atoms with Crippen molar-refractivity contribution in [1.82, 2.24) is 10.1 Å². The lowest BCUT2D eigenvalue weighted by Crippen LogP contribution is -2.56. The summed E-state index contributed by atoms with van der Waals surface area (Å²) in [5.74, 6) is 6.04. The molecule has 0 radical (unpaired) electrons. The summed E-state index contributed by atoms with van der Waals surface area (Å²) in [6, 6.07) is 3.62. The first-order valence-corrected chi connectivity index (χ1v) is 9.11. The number of hydrazine groups is 1. The number of hydrogen-bond acceptors (Lipinski definition) is 6. The van der Waals surface area contributed by atoms with Crippen LogP contribution in [-0.4, -0.2) is 30.5 Å². The Morgan fingerprint density at radius 2 is 1.75 bits per heavy atom. The molecule has 1 atom stereocenters. The van der Waals surface area contributed by atoms with E-state index in [0.29, 0.717) is 23.1 Å². The smallest absolute Gasteiger partial charge is 0.283 e. The molecule has 132 valence electrons. The molecule has 1 aromatic rings. The van der Waals surface area contributed by atoms with Crippen molar-refractivity contribution in [2.45, 2.75) is 52.1 Å². The molecule has 0 saturated carbocycles. The van der Waals surface area contributed by atoms with E-state index < -0.39 is 16.3 Å². The number of benzene rings is 1. The summed E-state index contributed by atoms with van der Waals surface area (Å²) >= 11 is 0. The van der Waals surface area contributed by atoms with Gasteiger partial charge in [-0.25, -0.2) is 10.9 Å². The normalized spacial score (nSPS) is 18.8. The number of amidine groups is 1. The molecule has 0 spiro atoms. The summed E-state index contributed by atoms with van der Waals surface area (Å²) in [7, 11) is -4.02. The van der Waals surface area contributed by atoms with E-state index in [1.54, 1.807) is 20.8 Å². The zero-order valence-corrected chi connectivity index (χ0v) is 15.4. The average Bonchev–Trinajstić information content (AvgIpc) is 2.43. The molecular weight excluding hydrogens is 328 g/mol. The molecule has 7 nitrogen and oxygen atoms in total. The van der Waals surface area contributed by atoms with Crippen LogP contribution in [0, 0.1) is 26.2 Å². The van der Waals surface area contributed by atoms with Crippen LogP contribution in [0.3, 0.4) is 0 Å². The van der Waals surface area contributed by atoms with Gasteiger partial charge in [0.25, 0.3) is 0 Å². The quantitative estimate of drug-likeness (QED) is 0.807. The van der Waals surface area contributed by atoms with Crippen LogP contribution in [0.4, 0.5) is 0 Å². The molecule has 24 heavy (non-hydrogen) atoms. The minimum absolute atomic E-state index is 0.141. The number of nitrogens with two attached hydrogens (primary N) is 1. The summed E-state index contributed by atoms with van der Waals surface area (Å²) in [5.41, 5.74) is 2.78. The lowest BCUT2D eigenvalue weighted by atomic mass is 10.1. The van der Waals surface area contributed by atoms with Crippen molar-refractivity contribution in [3.8, 4) is 0 Å². The van der Waals surface area contributed by atoms with Gasteiger partial charge in [-0.05, 0) is 45.2 Å². The van der Waals surface area contributed by atoms with Crippen molar-refractivity contribution in [3.05, 3.63) is 40.6 Å². The molecule has 0 saturated heterocycles. The molecule has 0 aromatic heterocycles. The largest absolute Gasteiger partial charge is 0.318 e. The van der Waals surface area contributed by atoms with Crippen LogP contribution >= 0.6 is 0 Å². The highest BCUT2D eigenvalue weighted by Crippen LogP contribution is 2.27. The highest BCUT2D eigenvalue weighted by molar-refractivity contribution is 7.86. The van der Waals surface area contributed by atoms with Crippen molar-refractivity contribution in [2.24, 2.45) is 5.84 Å². The van der Waals surface area contributed by atoms with Gasteiger partial charge in [0.2, 0.25) is 0 Å². The number of hydrogen-bond donors (Lipinski definition) is 2. The summed E-state index contributed by atoms with van der Waals surface area (Å²) in [6.45, 7) is 8.93. The van der Waals surface area contributed by atoms with E-state index in [2.05, 4.69) is 0 Å². The van der Waals surface area contributed by atoms with Crippen LogP contribution in [0.2, 0.25) is 0 Å². The van der Waals surface area contributed by atoms with Crippen molar-refractivity contribution in [2.75, 3.05) is 0 Å². The van der Waals surface area contributed by atoms with Crippen LogP contribution in [0.25, 0.3) is 0 Å². The fourth-order valence-electron chi connectivity index (χ4n) is 2.97. The van der Waals surface area contributed by atoms with E-state index in [0.717, 1.165) is 5.56 Å². The number of nitrogens with zero attached hydrogens (tertiary/aromatic N) is 2. The van der Waals surface area contributed by atoms with Gasteiger partial charge in [-0.15, -0.1) is 4.28 Å². The lowest BCUT2D eigenvalue weighted by molar-refractivity contribution is -0.0893. The first kappa shape index (κ1) is 18.4. The van der Waals surface area contributed by atoms with E-state index in [4.69, 9.17) is 15.5 Å². The molecular formula is C16H24N4O3S. The van der Waals surface area contributed by atoms with E-state index in [-0.39, 0.29) is 10.7 Å². The molecule has 8 heteroatoms. The van der Waals surface area contributed by atoms with Gasteiger partial charge in [0.1, 0.15) is 16.9 Å². The van der Waals surface area contributed by atoms with Crippen LogP contribution in [0.15, 0.2) is 28.8 Å². The first-order chi connectivity index (χ1) is 11.1. The minimum Gasteiger partial charge on any atom is -0.283 e. The molecule has 0 amide bonds. The van der Waals surface area contributed by atoms with E-state index >= 15 is 0 Å². The van der Waals surface area contributed by atoms with Crippen LogP contribution in [0.1, 0.15) is 37.0 Å². The zero-order chi connectivity index (χ0) is 18.2. The molecule has 0 aliphatic carbocycles. The van der Waals surface area contributed by atoms with Gasteiger partial charge in [0, 0.05) is 11.8 Å². The maximum atomic E-state index is 12.8. The Bertz CT molecular complexity index is 779. The maximum Gasteiger partial charge on any atom is 0.318 e. The molecule has 1 aliphatic heterocycles. The predicted molar refractivity (Wildman–Crippen MR) is 92.4 cm³/mol. The molecule has 3 N–H and O–H groups in total. The minimum atomic E-state index is -4.02. The number of aryl methyl sites for hydroxylation is 3. The molecule has 0 bridgehead atoms. The summed E-state index contributed by atoms with van der Waals surface area (Å²) in [4.78, 5) is 0.165. The van der Waals surface area contributed by atoms with Gasteiger partial charge < -0.3 is 0 Å². The Kier molecular flexibility index (Phi) is 5.03. The second-order valence-electron chi connectivity index (χ2n) is 6.07. The molecule has 0 fully saturated rings. The van der Waals surface area contributed by atoms with Crippen molar-refractivity contribution in [3.63, 3.8) is 0 Å². The summed E-state index contributed by atoms with van der Waals surface area (Å²) in [6.07, 6.45) is 1.42. The highest BCUT2D eigenvalue weighted by atomic mass is 32.2. The van der Waals surface area contributed by atoms with Crippen LogP contribution in [-0.2, 0) is 14.4 Å². The zero-order valence-electron chi connectivity index (χ0n) is 14.6. The Labute approximate surface area is 143 Å². The van der Waals surface area contributed by atoms with E-state index in [1.165, 1.54) is 16.3 Å². The van der Waals surface area contributed by atoms with Crippen molar-refractivity contribution in [1.29, 1.82) is 5.41 Å². The van der Waals surface area contributed by atoms with Crippen molar-refractivity contribution >= 4 is 16.0 Å². The molecule has 1 aliphatic rings. The van der Waals surface area contributed by atoms with Gasteiger partial charge in [0.05, 0.1) is 0 Å². The standard InChI is InChI=1S/C16H24N4O3S/c1-6-14-19(9-13(5)16(17)20(14)18)23-24(21,22)15-11(3)7-10(2)8-12(15)4/h7-9,14,17H,6,18H2,1-5H3. The van der Waals surface area contributed by atoms with Gasteiger partial charge in [0.15, 0.2) is 0 Å². The summed E-state index contributed by atoms with van der Waals surface area (Å²) < 4.78 is 31.0. The highest BCUT2D eigenvalue weighted by Gasteiger charge is 2.33. The maximum absolute atomic E-state index is 12.8. The Hall–Kier alpha value is -1.90. The molecule has 2 rings (SSSR count). The third-order valence-corrected chi connectivity index (χ3v) is 5.48. The van der Waals surface area contributed by atoms with Crippen LogP contribution < -0.4 is 5.84 Å². The Morgan fingerprint density at radius 3 is 2.25 bits per heavy atom. The Morgan fingerprint density at radius 1 is 1.21 bits per heavy atom. The molecule has 1 aromatic carbocycles. The van der Waals surface area contributed by atoms with Gasteiger partial charge >= 0.3 is 10.1 Å². The van der Waals surface area contributed by atoms with Gasteiger partial charge in [-0.1, -0.05) is 24.6 Å². The SMILES string of the molecule is CCC1N(OS(=O)(=O)c2c(C)cc(C)cc2C)C=C(C)C(=N)N1N. The third kappa shape index (κ3) is 3.31. The number of hydroxylamine groups is 2. The Balaban J connectivity index is 2.44. The average molecular weight is 352 g/mol. The fraction of sp³-hybridized carbons (Fsp3) is 0.438. The van der Waals surface area contributed by atoms with Crippen molar-refractivity contribution < 1.29 is 12.7 Å². The second kappa shape index (κ2) is 6.54. The first-order valence-electron chi connectivity index (χ1n) is 7.70. The second-order valence-corrected chi connectivity index (χ2v) is 7.54. The van der Waals surface area contributed by atoms with Gasteiger partial charge in [-0.3, -0.25) is 10.4 Å². The lowest BCUT2D eigenvalue weighted by Gasteiger charge is -2.39. The van der Waals surface area contributed by atoms with Crippen LogP contribution in [0.5, 0.6) is 0 Å². The third-order valence-electron chi connectivity index (χ3n) is 3.97. The monoisotopic (exact) mass is 352 g/mol. The van der Waals surface area contributed by atoms with E-state index in [1.807, 2.05) is 26.0 Å². The summed E-state index contributed by atoms with van der Waals surface area (Å²) in [5, 5.41) is 10.3. The fourth-order valence-corrected chi connectivity index (χ4v) is 4.32. The molecule has 1 heterocycles. The molecule has 1 unspecified atom stereocenters. The van der Waals surface area contributed by atoms with E-state index in [9.17, 15) is 8.42 Å². The topological polar surface area (TPSA) is 99.7 Å². The van der Waals surface area contributed by atoms with Gasteiger partial charge in [-0.2, -0.15) is 8.42 Å². The number of rotatable bonds is 4. The predicted octanol–water partition coefficient (Wildman–Crippen LogP) is 2.34. The number of nitrogens with one attached hydrogen (secondary N) is 1.